The third-order valence-electron chi connectivity index (χ3n) is 1.88. The average molecular weight is 280 g/mol. The Morgan fingerprint density at radius 1 is 1.53 bits per heavy atom. The Morgan fingerprint density at radius 2 is 2.20 bits per heavy atom. The molecule has 0 saturated heterocycles. The fourth-order valence-corrected chi connectivity index (χ4v) is 1.81. The summed E-state index contributed by atoms with van der Waals surface area (Å²) < 4.78 is 28.8. The number of ether oxygens (including phenoxy) is 1. The molecule has 0 fully saturated rings. The first-order valence-corrected chi connectivity index (χ1v) is 5.02. The minimum atomic E-state index is -2.86. The molecular formula is C10H10BrF2O2. The normalized spacial score (nSPS) is 11.1. The summed E-state index contributed by atoms with van der Waals surface area (Å²) in [6.07, 6.45) is 0. The van der Waals surface area contributed by atoms with Crippen molar-refractivity contribution >= 4 is 15.9 Å². The van der Waals surface area contributed by atoms with E-state index >= 15 is 0 Å². The van der Waals surface area contributed by atoms with Gasteiger partial charge in [0.15, 0.2) is 0 Å². The van der Waals surface area contributed by atoms with Gasteiger partial charge in [-0.25, -0.2) is 0 Å². The van der Waals surface area contributed by atoms with Crippen LogP contribution in [-0.2, 0) is 0 Å². The lowest BCUT2D eigenvalue weighted by atomic mass is 10.0. The van der Waals surface area contributed by atoms with Gasteiger partial charge in [0.05, 0.1) is 11.1 Å². The molecule has 0 saturated carbocycles. The molecule has 0 bridgehead atoms. The summed E-state index contributed by atoms with van der Waals surface area (Å²) in [4.78, 5) is 0. The predicted octanol–water partition coefficient (Wildman–Crippen LogP) is 2.99. The smallest absolute Gasteiger partial charge is 0.387 e. The summed E-state index contributed by atoms with van der Waals surface area (Å²) >= 11 is 3.16. The van der Waals surface area contributed by atoms with Gasteiger partial charge in [-0.3, -0.25) is 0 Å². The molecule has 0 aliphatic carbocycles. The van der Waals surface area contributed by atoms with Crippen LogP contribution in [0.25, 0.3) is 0 Å². The molecule has 1 rings (SSSR count). The maximum absolute atomic E-state index is 12.0. The summed E-state index contributed by atoms with van der Waals surface area (Å²) in [7, 11) is 0. The summed E-state index contributed by atoms with van der Waals surface area (Å²) in [5, 5.41) is 8.94. The van der Waals surface area contributed by atoms with Gasteiger partial charge in [-0.15, -0.1) is 0 Å². The molecule has 0 spiro atoms. The van der Waals surface area contributed by atoms with Crippen molar-refractivity contribution in [3.63, 3.8) is 0 Å². The van der Waals surface area contributed by atoms with Gasteiger partial charge in [-0.05, 0) is 27.6 Å². The fraction of sp³-hybridized carbons (Fsp3) is 0.300. The molecule has 83 valence electrons. The molecule has 0 heterocycles. The number of rotatable bonds is 4. The van der Waals surface area contributed by atoms with Crippen molar-refractivity contribution in [1.82, 2.24) is 0 Å². The van der Waals surface area contributed by atoms with Crippen molar-refractivity contribution in [1.29, 1.82) is 0 Å². The molecule has 1 N–H and O–H groups in total. The molecule has 1 aromatic carbocycles. The molecule has 0 amide bonds. The van der Waals surface area contributed by atoms with Gasteiger partial charge in [0.2, 0.25) is 0 Å². The van der Waals surface area contributed by atoms with Crippen molar-refractivity contribution in [2.24, 2.45) is 0 Å². The summed E-state index contributed by atoms with van der Waals surface area (Å²) in [5.41, 5.74) is 0.663. The van der Waals surface area contributed by atoms with Crippen LogP contribution in [0.1, 0.15) is 12.5 Å². The third-order valence-corrected chi connectivity index (χ3v) is 2.69. The SMILES string of the molecule is C[C](CO)c1cccc(OC(F)F)c1Br. The van der Waals surface area contributed by atoms with Crippen LogP contribution in [0.3, 0.4) is 0 Å². The molecule has 1 radical (unpaired) electrons. The van der Waals surface area contributed by atoms with E-state index in [1.807, 2.05) is 0 Å². The second kappa shape index (κ2) is 5.42. The standard InChI is InChI=1S/C10H10BrF2O2/c1-6(5-14)7-3-2-4-8(9(7)11)15-10(12)13/h2-4,10,14H,5H2,1H3. The van der Waals surface area contributed by atoms with Gasteiger partial charge >= 0.3 is 6.61 Å². The van der Waals surface area contributed by atoms with Gasteiger partial charge in [-0.2, -0.15) is 8.78 Å². The van der Waals surface area contributed by atoms with Gasteiger partial charge in [0.25, 0.3) is 0 Å². The van der Waals surface area contributed by atoms with E-state index in [2.05, 4.69) is 20.7 Å². The Bertz CT molecular complexity index is 331. The average Bonchev–Trinajstić information content (AvgIpc) is 2.19. The van der Waals surface area contributed by atoms with Gasteiger partial charge in [0, 0.05) is 5.92 Å². The lowest BCUT2D eigenvalue weighted by Gasteiger charge is -2.13. The van der Waals surface area contributed by atoms with Crippen molar-refractivity contribution in [2.75, 3.05) is 6.61 Å². The van der Waals surface area contributed by atoms with E-state index in [0.29, 0.717) is 16.0 Å². The van der Waals surface area contributed by atoms with Crippen LogP contribution in [0.2, 0.25) is 0 Å². The second-order valence-electron chi connectivity index (χ2n) is 2.93. The molecule has 0 aliphatic rings. The second-order valence-corrected chi connectivity index (χ2v) is 3.73. The maximum atomic E-state index is 12.0. The first-order chi connectivity index (χ1) is 7.06. The van der Waals surface area contributed by atoms with E-state index in [4.69, 9.17) is 5.11 Å². The van der Waals surface area contributed by atoms with Crippen LogP contribution in [0.15, 0.2) is 22.7 Å². The van der Waals surface area contributed by atoms with Crippen LogP contribution in [0.5, 0.6) is 5.75 Å². The maximum Gasteiger partial charge on any atom is 0.387 e. The Morgan fingerprint density at radius 3 is 2.73 bits per heavy atom. The van der Waals surface area contributed by atoms with Gasteiger partial charge in [0.1, 0.15) is 5.75 Å². The molecular weight excluding hydrogens is 270 g/mol. The summed E-state index contributed by atoms with van der Waals surface area (Å²) in [6, 6.07) is 4.75. The van der Waals surface area contributed by atoms with E-state index in [1.54, 1.807) is 19.1 Å². The van der Waals surface area contributed by atoms with Crippen molar-refractivity contribution in [3.05, 3.63) is 34.2 Å². The number of hydrogen-bond acceptors (Lipinski definition) is 2. The fourth-order valence-electron chi connectivity index (χ4n) is 1.11. The molecule has 5 heteroatoms. The minimum Gasteiger partial charge on any atom is -0.434 e. The van der Waals surface area contributed by atoms with E-state index < -0.39 is 6.61 Å². The number of alkyl halides is 2. The van der Waals surface area contributed by atoms with Gasteiger partial charge < -0.3 is 9.84 Å². The highest BCUT2D eigenvalue weighted by Crippen LogP contribution is 2.33. The largest absolute Gasteiger partial charge is 0.434 e. The number of aliphatic hydroxyl groups excluding tert-OH is 1. The van der Waals surface area contributed by atoms with Crippen LogP contribution in [0, 0.1) is 5.92 Å². The van der Waals surface area contributed by atoms with Crippen LogP contribution in [0.4, 0.5) is 8.78 Å². The highest BCUT2D eigenvalue weighted by Gasteiger charge is 2.14. The van der Waals surface area contributed by atoms with Crippen LogP contribution >= 0.6 is 15.9 Å². The van der Waals surface area contributed by atoms with Gasteiger partial charge in [-0.1, -0.05) is 19.1 Å². The quantitative estimate of drug-likeness (QED) is 0.918. The van der Waals surface area contributed by atoms with Crippen LogP contribution < -0.4 is 4.74 Å². The predicted molar refractivity (Wildman–Crippen MR) is 55.9 cm³/mol. The highest BCUT2D eigenvalue weighted by molar-refractivity contribution is 9.10. The Hall–Kier alpha value is -0.680. The Labute approximate surface area is 95.0 Å². The summed E-state index contributed by atoms with van der Waals surface area (Å²) in [6.45, 7) is -1.27. The number of benzene rings is 1. The molecule has 15 heavy (non-hydrogen) atoms. The number of halogens is 3. The van der Waals surface area contributed by atoms with E-state index in [-0.39, 0.29) is 12.4 Å². The zero-order chi connectivity index (χ0) is 11.4. The molecule has 2 nitrogen and oxygen atoms in total. The Kier molecular flexibility index (Phi) is 4.47. The summed E-state index contributed by atoms with van der Waals surface area (Å²) in [5.74, 6) is 0.747. The lowest BCUT2D eigenvalue weighted by Crippen LogP contribution is -2.06. The van der Waals surface area contributed by atoms with Crippen molar-refractivity contribution in [3.8, 4) is 5.75 Å². The molecule has 0 aromatic heterocycles. The monoisotopic (exact) mass is 279 g/mol. The zero-order valence-corrected chi connectivity index (χ0v) is 9.59. The highest BCUT2D eigenvalue weighted by atomic mass is 79.9. The zero-order valence-electron chi connectivity index (χ0n) is 8.01. The molecule has 0 atom stereocenters. The molecule has 1 aromatic rings. The molecule has 0 aliphatic heterocycles. The number of aliphatic hydroxyl groups is 1. The third kappa shape index (κ3) is 3.14. The van der Waals surface area contributed by atoms with Crippen LogP contribution in [-0.4, -0.2) is 18.3 Å². The minimum absolute atomic E-state index is 0.0651. The molecule has 0 unspecified atom stereocenters. The van der Waals surface area contributed by atoms with E-state index in [1.165, 1.54) is 6.07 Å². The Balaban J connectivity index is 3.00. The van der Waals surface area contributed by atoms with Crippen molar-refractivity contribution in [2.45, 2.75) is 13.5 Å². The van der Waals surface area contributed by atoms with E-state index in [0.717, 1.165) is 0 Å². The van der Waals surface area contributed by atoms with E-state index in [9.17, 15) is 8.78 Å². The first kappa shape index (κ1) is 12.4. The lowest BCUT2D eigenvalue weighted by molar-refractivity contribution is -0.0503. The van der Waals surface area contributed by atoms with Crippen molar-refractivity contribution < 1.29 is 18.6 Å². The topological polar surface area (TPSA) is 29.5 Å². The first-order valence-electron chi connectivity index (χ1n) is 4.23. The number of hydrogen-bond donors (Lipinski definition) is 1.